The summed E-state index contributed by atoms with van der Waals surface area (Å²) in [6.45, 7) is 2.78. The molecular formula is C22H27FNO3+. The number of likely N-dealkylation sites (tertiary alicyclic amines) is 1. The van der Waals surface area contributed by atoms with Gasteiger partial charge < -0.3 is 14.6 Å². The topological polar surface area (TPSA) is 41.9 Å². The summed E-state index contributed by atoms with van der Waals surface area (Å²) in [5.41, 5.74) is 1.90. The molecule has 4 nitrogen and oxygen atoms in total. The highest BCUT2D eigenvalue weighted by Gasteiger charge is 2.38. The minimum absolute atomic E-state index is 0.196. The van der Waals surface area contributed by atoms with E-state index in [4.69, 9.17) is 9.47 Å². The van der Waals surface area contributed by atoms with Crippen molar-refractivity contribution in [2.24, 2.45) is 0 Å². The minimum atomic E-state index is -0.644. The molecule has 0 saturated carbocycles. The quantitative estimate of drug-likeness (QED) is 0.751. The van der Waals surface area contributed by atoms with E-state index in [1.807, 2.05) is 30.3 Å². The van der Waals surface area contributed by atoms with Gasteiger partial charge in [-0.15, -0.1) is 0 Å². The lowest BCUT2D eigenvalue weighted by atomic mass is 9.87. The number of hydrogen-bond acceptors (Lipinski definition) is 4. The maximum absolute atomic E-state index is 13.0. The number of aliphatic hydroxyl groups excluding tert-OH is 1. The van der Waals surface area contributed by atoms with E-state index in [1.54, 1.807) is 14.2 Å². The Balaban J connectivity index is 1.55. The molecule has 0 radical (unpaired) electrons. The van der Waals surface area contributed by atoms with Crippen molar-refractivity contribution < 1.29 is 19.0 Å². The number of nitrogens with zero attached hydrogens (tertiary/aromatic N) is 1. The van der Waals surface area contributed by atoms with E-state index in [1.165, 1.54) is 12.1 Å². The van der Waals surface area contributed by atoms with Gasteiger partial charge in [0.05, 0.1) is 19.8 Å². The van der Waals surface area contributed by atoms with Crippen LogP contribution >= 0.6 is 0 Å². The highest BCUT2D eigenvalue weighted by atomic mass is 19.1. The Bertz CT molecular complexity index is 727. The fourth-order valence-electron chi connectivity index (χ4n) is 3.62. The normalized spacial score (nSPS) is 16.2. The van der Waals surface area contributed by atoms with Crippen molar-refractivity contribution in [2.75, 3.05) is 33.9 Å². The second kappa shape index (κ2) is 9.11. The largest absolute Gasteiger partial charge is 0.493 e. The Morgan fingerprint density at radius 3 is 2.41 bits per heavy atom. The van der Waals surface area contributed by atoms with Gasteiger partial charge in [-0.3, -0.25) is 4.90 Å². The summed E-state index contributed by atoms with van der Waals surface area (Å²) in [5, 5.41) is 10.9. The fourth-order valence-corrected chi connectivity index (χ4v) is 3.62. The Morgan fingerprint density at radius 2 is 1.78 bits per heavy atom. The molecule has 1 atom stereocenters. The molecule has 2 aromatic rings. The number of para-hydroxylation sites is 1. The molecule has 3 rings (SSSR count). The van der Waals surface area contributed by atoms with Gasteiger partial charge in [-0.1, -0.05) is 18.2 Å². The van der Waals surface area contributed by atoms with Crippen molar-refractivity contribution in [3.63, 3.8) is 0 Å². The molecule has 0 spiro atoms. The van der Waals surface area contributed by atoms with E-state index >= 15 is 0 Å². The monoisotopic (exact) mass is 372 g/mol. The predicted molar refractivity (Wildman–Crippen MR) is 104 cm³/mol. The van der Waals surface area contributed by atoms with Crippen LogP contribution in [0, 0.1) is 11.7 Å². The number of piperidine rings is 1. The number of aliphatic hydroxyl groups is 1. The molecule has 2 aromatic carbocycles. The molecule has 0 amide bonds. The molecule has 1 aliphatic heterocycles. The Hall–Kier alpha value is -2.24. The van der Waals surface area contributed by atoms with Gasteiger partial charge in [-0.05, 0) is 36.2 Å². The number of benzene rings is 2. The number of hydrogen-bond donors (Lipinski definition) is 1. The van der Waals surface area contributed by atoms with Crippen LogP contribution in [0.15, 0.2) is 42.5 Å². The molecule has 1 unspecified atom stereocenters. The Kier molecular flexibility index (Phi) is 6.58. The lowest BCUT2D eigenvalue weighted by Crippen LogP contribution is -2.36. The van der Waals surface area contributed by atoms with Gasteiger partial charge in [0.2, 0.25) is 6.10 Å². The smallest absolute Gasteiger partial charge is 0.227 e. The molecule has 0 bridgehead atoms. The van der Waals surface area contributed by atoms with Crippen molar-refractivity contribution in [3.05, 3.63) is 65.3 Å². The van der Waals surface area contributed by atoms with Gasteiger partial charge in [-0.25, -0.2) is 4.39 Å². The van der Waals surface area contributed by atoms with Gasteiger partial charge in [0.1, 0.15) is 24.6 Å². The van der Waals surface area contributed by atoms with Crippen molar-refractivity contribution in [1.82, 2.24) is 4.90 Å². The van der Waals surface area contributed by atoms with Gasteiger partial charge in [0.15, 0.2) is 11.5 Å². The zero-order valence-corrected chi connectivity index (χ0v) is 16.0. The summed E-state index contributed by atoms with van der Waals surface area (Å²) < 4.78 is 23.8. The molecule has 1 saturated heterocycles. The van der Waals surface area contributed by atoms with E-state index < -0.39 is 6.10 Å². The van der Waals surface area contributed by atoms with Crippen LogP contribution in [-0.4, -0.2) is 43.9 Å². The van der Waals surface area contributed by atoms with Crippen LogP contribution in [0.2, 0.25) is 0 Å². The van der Waals surface area contributed by atoms with Crippen molar-refractivity contribution >= 4 is 0 Å². The summed E-state index contributed by atoms with van der Waals surface area (Å²) in [6, 6.07) is 12.3. The average Bonchev–Trinajstić information content (AvgIpc) is 2.72. The van der Waals surface area contributed by atoms with Crippen molar-refractivity contribution in [2.45, 2.75) is 25.4 Å². The highest BCUT2D eigenvalue weighted by molar-refractivity contribution is 5.49. The third kappa shape index (κ3) is 4.73. The molecular weight excluding hydrogens is 345 g/mol. The first kappa shape index (κ1) is 19.5. The minimum Gasteiger partial charge on any atom is -0.493 e. The third-order valence-electron chi connectivity index (χ3n) is 5.24. The van der Waals surface area contributed by atoms with Crippen molar-refractivity contribution in [3.8, 4) is 11.5 Å². The van der Waals surface area contributed by atoms with Gasteiger partial charge >= 0.3 is 0 Å². The zero-order chi connectivity index (χ0) is 19.2. The summed E-state index contributed by atoms with van der Waals surface area (Å²) in [7, 11) is 3.19. The van der Waals surface area contributed by atoms with E-state index in [-0.39, 0.29) is 5.82 Å². The fraction of sp³-hybridized carbons (Fsp3) is 0.409. The highest BCUT2D eigenvalue weighted by Crippen LogP contribution is 2.40. The van der Waals surface area contributed by atoms with Gasteiger partial charge in [-0.2, -0.15) is 0 Å². The van der Waals surface area contributed by atoms with Crippen LogP contribution in [-0.2, 0) is 6.42 Å². The van der Waals surface area contributed by atoms with Crippen LogP contribution in [0.3, 0.4) is 0 Å². The van der Waals surface area contributed by atoms with Gasteiger partial charge in [0.25, 0.3) is 0 Å². The molecule has 0 aromatic heterocycles. The molecule has 1 aliphatic rings. The number of halogens is 1. The first-order chi connectivity index (χ1) is 13.1. The average molecular weight is 372 g/mol. The van der Waals surface area contributed by atoms with Crippen molar-refractivity contribution in [1.29, 1.82) is 0 Å². The third-order valence-corrected chi connectivity index (χ3v) is 5.24. The van der Waals surface area contributed by atoms with E-state index in [0.717, 1.165) is 55.9 Å². The molecule has 5 heteroatoms. The Labute approximate surface area is 160 Å². The van der Waals surface area contributed by atoms with Crippen LogP contribution in [0.4, 0.5) is 4.39 Å². The summed E-state index contributed by atoms with van der Waals surface area (Å²) in [5.74, 6) is 2.16. The van der Waals surface area contributed by atoms with Crippen LogP contribution < -0.4 is 9.47 Å². The van der Waals surface area contributed by atoms with E-state index in [9.17, 15) is 9.50 Å². The molecule has 1 N–H and O–H groups in total. The first-order valence-corrected chi connectivity index (χ1v) is 9.32. The van der Waals surface area contributed by atoms with Crippen LogP contribution in [0.25, 0.3) is 0 Å². The summed E-state index contributed by atoms with van der Waals surface area (Å²) in [4.78, 5) is 2.39. The summed E-state index contributed by atoms with van der Waals surface area (Å²) in [6.07, 6.45) is 1.96. The SMILES string of the molecule is COc1cccc(C(O)[C+]2CCN(CCc3ccc(F)cc3)CC2)c1OC. The first-order valence-electron chi connectivity index (χ1n) is 9.32. The second-order valence-electron chi connectivity index (χ2n) is 6.86. The van der Waals surface area contributed by atoms with Crippen LogP contribution in [0.1, 0.15) is 30.1 Å². The number of methoxy groups -OCH3 is 2. The number of rotatable bonds is 7. The second-order valence-corrected chi connectivity index (χ2v) is 6.86. The van der Waals surface area contributed by atoms with Crippen LogP contribution in [0.5, 0.6) is 11.5 Å². The number of ether oxygens (including phenoxy) is 2. The maximum Gasteiger partial charge on any atom is 0.227 e. The molecule has 1 heterocycles. The lowest BCUT2D eigenvalue weighted by Gasteiger charge is -2.28. The lowest BCUT2D eigenvalue weighted by molar-refractivity contribution is 0.141. The Morgan fingerprint density at radius 1 is 1.07 bits per heavy atom. The summed E-state index contributed by atoms with van der Waals surface area (Å²) >= 11 is 0. The van der Waals surface area contributed by atoms with E-state index in [2.05, 4.69) is 4.90 Å². The zero-order valence-electron chi connectivity index (χ0n) is 16.0. The predicted octanol–water partition coefficient (Wildman–Crippen LogP) is 3.79. The molecule has 144 valence electrons. The standard InChI is InChI=1S/C22H27FNO3/c1-26-20-5-3-4-19(22(20)27-2)21(25)17-11-14-24(15-12-17)13-10-16-6-8-18(23)9-7-16/h3-9,21,25H,10-15H2,1-2H3/q+1. The van der Waals surface area contributed by atoms with E-state index in [0.29, 0.717) is 11.5 Å². The molecule has 27 heavy (non-hydrogen) atoms. The van der Waals surface area contributed by atoms with Gasteiger partial charge in [0, 0.05) is 19.6 Å². The molecule has 0 aliphatic carbocycles. The molecule has 1 fully saturated rings. The maximum atomic E-state index is 13.0.